The summed E-state index contributed by atoms with van der Waals surface area (Å²) in [5.41, 5.74) is 1.61. The van der Waals surface area contributed by atoms with Gasteiger partial charge in [-0.25, -0.2) is 0 Å². The highest BCUT2D eigenvalue weighted by molar-refractivity contribution is 6.24. The molecule has 4 amide bonds. The molecule has 4 heterocycles. The molecule has 3 unspecified atom stereocenters. The summed E-state index contributed by atoms with van der Waals surface area (Å²) in [6.45, 7) is 3.61. The van der Waals surface area contributed by atoms with Gasteiger partial charge in [-0.2, -0.15) is 0 Å². The van der Waals surface area contributed by atoms with Crippen LogP contribution in [-0.2, 0) is 16.1 Å². The van der Waals surface area contributed by atoms with Crippen molar-refractivity contribution in [1.29, 1.82) is 0 Å². The Kier molecular flexibility index (Phi) is 4.91. The van der Waals surface area contributed by atoms with Crippen molar-refractivity contribution in [3.63, 3.8) is 0 Å². The SMILES string of the molecule is O=C1CCC(N2C(=O)c3cccc(CN4CCCC5CCNCC54)c3C2=O)C(=O)N1. The maximum absolute atomic E-state index is 13.3. The fourth-order valence-electron chi connectivity index (χ4n) is 5.51. The highest BCUT2D eigenvalue weighted by Gasteiger charge is 2.45. The van der Waals surface area contributed by atoms with Gasteiger partial charge in [0, 0.05) is 25.6 Å². The molecule has 3 atom stereocenters. The zero-order chi connectivity index (χ0) is 20.8. The predicted octanol–water partition coefficient (Wildman–Crippen LogP) is 0.662. The summed E-state index contributed by atoms with van der Waals surface area (Å²) in [6.07, 6.45) is 3.87. The molecule has 30 heavy (non-hydrogen) atoms. The molecule has 5 rings (SSSR count). The molecular weight excluding hydrogens is 384 g/mol. The van der Waals surface area contributed by atoms with E-state index in [0.717, 1.165) is 36.5 Å². The molecule has 2 N–H and O–H groups in total. The highest BCUT2D eigenvalue weighted by atomic mass is 16.2. The molecule has 3 fully saturated rings. The third-order valence-corrected chi connectivity index (χ3v) is 7.01. The molecule has 158 valence electrons. The predicted molar refractivity (Wildman–Crippen MR) is 108 cm³/mol. The first-order valence-corrected chi connectivity index (χ1v) is 10.8. The summed E-state index contributed by atoms with van der Waals surface area (Å²) in [5.74, 6) is -1.13. The van der Waals surface area contributed by atoms with E-state index >= 15 is 0 Å². The summed E-state index contributed by atoms with van der Waals surface area (Å²) in [4.78, 5) is 53.6. The van der Waals surface area contributed by atoms with Crippen LogP contribution in [0.25, 0.3) is 0 Å². The van der Waals surface area contributed by atoms with Crippen LogP contribution in [0.2, 0.25) is 0 Å². The van der Waals surface area contributed by atoms with Crippen molar-refractivity contribution in [1.82, 2.24) is 20.4 Å². The summed E-state index contributed by atoms with van der Waals surface area (Å²) < 4.78 is 0. The molecule has 0 radical (unpaired) electrons. The number of carbonyl (C=O) groups excluding carboxylic acids is 4. The van der Waals surface area contributed by atoms with Crippen LogP contribution >= 0.6 is 0 Å². The largest absolute Gasteiger partial charge is 0.315 e. The molecule has 0 spiro atoms. The Balaban J connectivity index is 1.42. The van der Waals surface area contributed by atoms with Crippen LogP contribution in [-0.4, -0.2) is 65.1 Å². The number of carbonyl (C=O) groups is 4. The normalized spacial score (nSPS) is 29.6. The van der Waals surface area contributed by atoms with Gasteiger partial charge in [0.05, 0.1) is 11.1 Å². The molecule has 8 heteroatoms. The minimum Gasteiger partial charge on any atom is -0.315 e. The van der Waals surface area contributed by atoms with Crippen LogP contribution in [0.4, 0.5) is 0 Å². The van der Waals surface area contributed by atoms with E-state index in [1.807, 2.05) is 12.1 Å². The van der Waals surface area contributed by atoms with E-state index in [-0.39, 0.29) is 18.7 Å². The molecule has 0 aliphatic carbocycles. The van der Waals surface area contributed by atoms with E-state index in [9.17, 15) is 19.2 Å². The van der Waals surface area contributed by atoms with Crippen molar-refractivity contribution >= 4 is 23.6 Å². The number of hydrogen-bond donors (Lipinski definition) is 2. The van der Waals surface area contributed by atoms with Crippen LogP contribution < -0.4 is 10.6 Å². The molecule has 0 bridgehead atoms. The number of hydrogen-bond acceptors (Lipinski definition) is 6. The Morgan fingerprint density at radius 3 is 2.73 bits per heavy atom. The lowest BCUT2D eigenvalue weighted by Gasteiger charge is -2.44. The van der Waals surface area contributed by atoms with Crippen LogP contribution in [0.15, 0.2) is 18.2 Å². The van der Waals surface area contributed by atoms with Gasteiger partial charge in [-0.1, -0.05) is 12.1 Å². The van der Waals surface area contributed by atoms with Crippen LogP contribution in [0.5, 0.6) is 0 Å². The molecule has 1 aromatic carbocycles. The number of piperidine rings is 3. The van der Waals surface area contributed by atoms with Gasteiger partial charge in [0.15, 0.2) is 0 Å². The van der Waals surface area contributed by atoms with Crippen molar-refractivity contribution in [2.45, 2.75) is 50.7 Å². The van der Waals surface area contributed by atoms with E-state index in [1.54, 1.807) is 6.07 Å². The summed E-state index contributed by atoms with van der Waals surface area (Å²) in [6, 6.07) is 4.91. The molecule has 4 aliphatic rings. The molecule has 1 aromatic rings. The molecule has 8 nitrogen and oxygen atoms in total. The van der Waals surface area contributed by atoms with Gasteiger partial charge in [0.1, 0.15) is 6.04 Å². The number of likely N-dealkylation sites (tertiary alicyclic amines) is 1. The van der Waals surface area contributed by atoms with Crippen molar-refractivity contribution in [3.05, 3.63) is 34.9 Å². The van der Waals surface area contributed by atoms with E-state index in [2.05, 4.69) is 15.5 Å². The topological polar surface area (TPSA) is 98.8 Å². The Bertz CT molecular complexity index is 928. The summed E-state index contributed by atoms with van der Waals surface area (Å²) in [5, 5.41) is 5.73. The zero-order valence-corrected chi connectivity index (χ0v) is 16.9. The smallest absolute Gasteiger partial charge is 0.262 e. The quantitative estimate of drug-likeness (QED) is 0.711. The first-order chi connectivity index (χ1) is 14.5. The third-order valence-electron chi connectivity index (χ3n) is 7.01. The van der Waals surface area contributed by atoms with Crippen LogP contribution in [0.1, 0.15) is 58.4 Å². The molecule has 3 saturated heterocycles. The van der Waals surface area contributed by atoms with Crippen LogP contribution in [0, 0.1) is 5.92 Å². The Hall–Kier alpha value is -2.58. The van der Waals surface area contributed by atoms with Crippen molar-refractivity contribution in [3.8, 4) is 0 Å². The Morgan fingerprint density at radius 1 is 1.03 bits per heavy atom. The summed E-state index contributed by atoms with van der Waals surface area (Å²) in [7, 11) is 0. The number of amides is 4. The fourth-order valence-corrected chi connectivity index (χ4v) is 5.51. The number of fused-ring (bicyclic) bond motifs is 2. The number of imide groups is 2. The van der Waals surface area contributed by atoms with Crippen LogP contribution in [0.3, 0.4) is 0 Å². The van der Waals surface area contributed by atoms with Gasteiger partial charge in [-0.3, -0.25) is 34.3 Å². The second-order valence-electron chi connectivity index (χ2n) is 8.72. The molecular formula is C22H26N4O4. The van der Waals surface area contributed by atoms with Crippen molar-refractivity contribution in [2.24, 2.45) is 5.92 Å². The average Bonchev–Trinajstić information content (AvgIpc) is 3.00. The number of benzene rings is 1. The summed E-state index contributed by atoms with van der Waals surface area (Å²) >= 11 is 0. The van der Waals surface area contributed by atoms with Gasteiger partial charge < -0.3 is 5.32 Å². The highest BCUT2D eigenvalue weighted by Crippen LogP contribution is 2.33. The average molecular weight is 410 g/mol. The van der Waals surface area contributed by atoms with Gasteiger partial charge in [-0.15, -0.1) is 0 Å². The number of nitrogens with zero attached hydrogens (tertiary/aromatic N) is 2. The van der Waals surface area contributed by atoms with E-state index in [1.165, 1.54) is 12.8 Å². The van der Waals surface area contributed by atoms with Gasteiger partial charge >= 0.3 is 0 Å². The van der Waals surface area contributed by atoms with E-state index in [4.69, 9.17) is 0 Å². The lowest BCUT2D eigenvalue weighted by molar-refractivity contribution is -0.136. The molecule has 0 saturated carbocycles. The maximum atomic E-state index is 13.3. The number of rotatable bonds is 3. The Labute approximate surface area is 175 Å². The van der Waals surface area contributed by atoms with E-state index in [0.29, 0.717) is 29.6 Å². The van der Waals surface area contributed by atoms with Crippen molar-refractivity contribution in [2.75, 3.05) is 19.6 Å². The molecule has 4 aliphatic heterocycles. The standard InChI is InChI=1S/C22H26N4O4/c27-18-7-6-16(20(28)24-18)26-21(29)15-5-1-3-14(19(15)22(26)30)12-25-10-2-4-13-8-9-23-11-17(13)25/h1,3,5,13,16-17,23H,2,4,6-12H2,(H,24,27,28). The minimum absolute atomic E-state index is 0.126. The second-order valence-corrected chi connectivity index (χ2v) is 8.72. The zero-order valence-electron chi connectivity index (χ0n) is 16.9. The maximum Gasteiger partial charge on any atom is 0.262 e. The van der Waals surface area contributed by atoms with Crippen molar-refractivity contribution < 1.29 is 19.2 Å². The second kappa shape index (κ2) is 7.59. The van der Waals surface area contributed by atoms with Gasteiger partial charge in [-0.05, 0) is 56.3 Å². The monoisotopic (exact) mass is 410 g/mol. The molecule has 0 aromatic heterocycles. The fraction of sp³-hybridized carbons (Fsp3) is 0.545. The lowest BCUT2D eigenvalue weighted by atomic mass is 9.84. The lowest BCUT2D eigenvalue weighted by Crippen LogP contribution is -2.54. The Morgan fingerprint density at radius 2 is 1.90 bits per heavy atom. The van der Waals surface area contributed by atoms with Gasteiger partial charge in [0.25, 0.3) is 11.8 Å². The third kappa shape index (κ3) is 3.15. The first kappa shape index (κ1) is 19.4. The number of nitrogens with one attached hydrogen (secondary N) is 2. The minimum atomic E-state index is -0.926. The van der Waals surface area contributed by atoms with Gasteiger partial charge in [0.2, 0.25) is 11.8 Å². The van der Waals surface area contributed by atoms with E-state index < -0.39 is 23.8 Å². The first-order valence-electron chi connectivity index (χ1n) is 10.8.